The summed E-state index contributed by atoms with van der Waals surface area (Å²) in [7, 11) is 1.60. The highest BCUT2D eigenvalue weighted by atomic mass is 16.5. The number of Topliss-reactive ketones (excluding diaryl/α,β-unsaturated/α-hetero) is 1. The summed E-state index contributed by atoms with van der Waals surface area (Å²) in [4.78, 5) is 12.0. The maximum atomic E-state index is 12.0. The van der Waals surface area contributed by atoms with Crippen molar-refractivity contribution < 1.29 is 14.2 Å². The van der Waals surface area contributed by atoms with E-state index in [2.05, 4.69) is 5.10 Å². The van der Waals surface area contributed by atoms with Crippen LogP contribution in [0.2, 0.25) is 0 Å². The molecule has 2 rings (SSSR count). The fourth-order valence-corrected chi connectivity index (χ4v) is 1.65. The minimum Gasteiger partial charge on any atom is -0.497 e. The SMILES string of the molecule is COc1ccc(C(=O)C[n+]2cccc(C)n2)cc1. The summed E-state index contributed by atoms with van der Waals surface area (Å²) in [5.41, 5.74) is 1.55. The van der Waals surface area contributed by atoms with Crippen molar-refractivity contribution in [1.29, 1.82) is 0 Å². The van der Waals surface area contributed by atoms with Crippen molar-refractivity contribution in [3.8, 4) is 5.75 Å². The van der Waals surface area contributed by atoms with E-state index in [1.807, 2.05) is 19.1 Å². The lowest BCUT2D eigenvalue weighted by Crippen LogP contribution is -2.41. The van der Waals surface area contributed by atoms with Crippen LogP contribution in [0.1, 0.15) is 16.1 Å². The summed E-state index contributed by atoms with van der Waals surface area (Å²) in [5.74, 6) is 0.772. The van der Waals surface area contributed by atoms with E-state index in [4.69, 9.17) is 4.74 Å². The average Bonchev–Trinajstić information content (AvgIpc) is 2.39. The average molecular weight is 243 g/mol. The second-order valence-electron chi connectivity index (χ2n) is 4.00. The molecule has 0 amide bonds. The Kier molecular flexibility index (Phi) is 3.67. The van der Waals surface area contributed by atoms with Crippen LogP contribution in [0, 0.1) is 6.92 Å². The third kappa shape index (κ3) is 2.91. The van der Waals surface area contributed by atoms with Crippen LogP contribution in [0.5, 0.6) is 5.75 Å². The minimum atomic E-state index is 0.0285. The summed E-state index contributed by atoms with van der Waals surface area (Å²) in [6, 6.07) is 10.9. The largest absolute Gasteiger partial charge is 0.497 e. The number of rotatable bonds is 4. The van der Waals surface area contributed by atoms with Crippen molar-refractivity contribution >= 4 is 5.78 Å². The van der Waals surface area contributed by atoms with Crippen molar-refractivity contribution in [3.05, 3.63) is 53.9 Å². The van der Waals surface area contributed by atoms with Gasteiger partial charge in [-0.2, -0.15) is 0 Å². The highest BCUT2D eigenvalue weighted by Gasteiger charge is 2.13. The van der Waals surface area contributed by atoms with Gasteiger partial charge < -0.3 is 4.74 Å². The smallest absolute Gasteiger partial charge is 0.236 e. The topological polar surface area (TPSA) is 43.1 Å². The lowest BCUT2D eigenvalue weighted by molar-refractivity contribution is -0.741. The Morgan fingerprint density at radius 1 is 1.28 bits per heavy atom. The Bertz CT molecular complexity index is 550. The molecule has 4 nitrogen and oxygen atoms in total. The predicted octanol–water partition coefficient (Wildman–Crippen LogP) is 1.57. The summed E-state index contributed by atoms with van der Waals surface area (Å²) in [6.45, 7) is 2.14. The van der Waals surface area contributed by atoms with Gasteiger partial charge in [0.2, 0.25) is 12.3 Å². The standard InChI is InChI=1S/C14H15N2O2/c1-11-4-3-9-16(15-11)10-14(17)12-5-7-13(18-2)8-6-12/h3-9H,10H2,1-2H3/q+1. The molecule has 0 aliphatic heterocycles. The molecule has 0 fully saturated rings. The fraction of sp³-hybridized carbons (Fsp3) is 0.214. The highest BCUT2D eigenvalue weighted by Crippen LogP contribution is 2.11. The van der Waals surface area contributed by atoms with Crippen LogP contribution in [0.25, 0.3) is 0 Å². The minimum absolute atomic E-state index is 0.0285. The molecule has 0 radical (unpaired) electrons. The first-order valence-electron chi connectivity index (χ1n) is 5.69. The number of benzene rings is 1. The second-order valence-corrected chi connectivity index (χ2v) is 4.00. The molecular weight excluding hydrogens is 228 g/mol. The molecule has 0 bridgehead atoms. The number of carbonyl (C=O) groups is 1. The van der Waals surface area contributed by atoms with Gasteiger partial charge in [-0.1, -0.05) is 4.68 Å². The van der Waals surface area contributed by atoms with Gasteiger partial charge in [0.1, 0.15) is 11.4 Å². The van der Waals surface area contributed by atoms with E-state index in [9.17, 15) is 4.79 Å². The van der Waals surface area contributed by atoms with Crippen LogP contribution in [0.4, 0.5) is 0 Å². The van der Waals surface area contributed by atoms with E-state index >= 15 is 0 Å². The van der Waals surface area contributed by atoms with E-state index in [0.29, 0.717) is 5.56 Å². The van der Waals surface area contributed by atoms with E-state index in [1.54, 1.807) is 42.3 Å². The lowest BCUT2D eigenvalue weighted by Gasteiger charge is -2.00. The van der Waals surface area contributed by atoms with Gasteiger partial charge in [0.15, 0.2) is 6.20 Å². The van der Waals surface area contributed by atoms with E-state index in [-0.39, 0.29) is 12.3 Å². The Balaban J connectivity index is 2.11. The van der Waals surface area contributed by atoms with Gasteiger partial charge in [-0.3, -0.25) is 4.79 Å². The van der Waals surface area contributed by atoms with Crippen LogP contribution in [-0.2, 0) is 6.54 Å². The monoisotopic (exact) mass is 243 g/mol. The molecule has 92 valence electrons. The third-order valence-corrected chi connectivity index (χ3v) is 2.60. The molecule has 0 saturated heterocycles. The van der Waals surface area contributed by atoms with E-state index in [1.165, 1.54) is 0 Å². The third-order valence-electron chi connectivity index (χ3n) is 2.60. The quantitative estimate of drug-likeness (QED) is 0.604. The maximum Gasteiger partial charge on any atom is 0.236 e. The van der Waals surface area contributed by atoms with Gasteiger partial charge in [-0.15, -0.1) is 0 Å². The first-order chi connectivity index (χ1) is 8.69. The molecule has 1 aromatic heterocycles. The van der Waals surface area contributed by atoms with Crippen LogP contribution >= 0.6 is 0 Å². The number of hydrogen-bond acceptors (Lipinski definition) is 3. The number of methoxy groups -OCH3 is 1. The highest BCUT2D eigenvalue weighted by molar-refractivity contribution is 5.95. The zero-order valence-electron chi connectivity index (χ0n) is 10.5. The van der Waals surface area contributed by atoms with Crippen molar-refractivity contribution in [2.24, 2.45) is 0 Å². The molecule has 0 spiro atoms. The molecule has 2 aromatic rings. The molecule has 0 saturated carbocycles. The van der Waals surface area contributed by atoms with Crippen molar-refractivity contribution in [2.75, 3.05) is 7.11 Å². The number of aromatic nitrogens is 2. The molecular formula is C14H15N2O2+. The molecule has 18 heavy (non-hydrogen) atoms. The Hall–Kier alpha value is -2.23. The number of ether oxygens (including phenoxy) is 1. The zero-order valence-corrected chi connectivity index (χ0v) is 10.5. The number of carbonyl (C=O) groups excluding carboxylic acids is 1. The van der Waals surface area contributed by atoms with Gasteiger partial charge in [0, 0.05) is 11.6 Å². The van der Waals surface area contributed by atoms with E-state index < -0.39 is 0 Å². The first kappa shape index (κ1) is 12.2. The molecule has 1 heterocycles. The summed E-state index contributed by atoms with van der Waals surface area (Å²) in [5, 5.41) is 4.24. The Morgan fingerprint density at radius 3 is 2.61 bits per heavy atom. The molecule has 0 aliphatic carbocycles. The van der Waals surface area contributed by atoms with Crippen LogP contribution in [-0.4, -0.2) is 18.0 Å². The van der Waals surface area contributed by atoms with Crippen LogP contribution < -0.4 is 9.42 Å². The molecule has 0 atom stereocenters. The van der Waals surface area contributed by atoms with Gasteiger partial charge in [-0.05, 0) is 42.4 Å². The van der Waals surface area contributed by atoms with Crippen molar-refractivity contribution in [1.82, 2.24) is 5.10 Å². The lowest BCUT2D eigenvalue weighted by atomic mass is 10.1. The molecule has 0 aliphatic rings. The van der Waals surface area contributed by atoms with Gasteiger partial charge >= 0.3 is 0 Å². The molecule has 0 unspecified atom stereocenters. The van der Waals surface area contributed by atoms with Crippen molar-refractivity contribution in [3.63, 3.8) is 0 Å². The summed E-state index contributed by atoms with van der Waals surface area (Å²) < 4.78 is 6.69. The van der Waals surface area contributed by atoms with Crippen molar-refractivity contribution in [2.45, 2.75) is 13.5 Å². The number of aryl methyl sites for hydroxylation is 1. The molecule has 1 aromatic carbocycles. The van der Waals surface area contributed by atoms with Gasteiger partial charge in [-0.25, -0.2) is 0 Å². The number of hydrogen-bond donors (Lipinski definition) is 0. The zero-order chi connectivity index (χ0) is 13.0. The van der Waals surface area contributed by atoms with Gasteiger partial charge in [0.25, 0.3) is 0 Å². The first-order valence-corrected chi connectivity index (χ1v) is 5.69. The van der Waals surface area contributed by atoms with Crippen LogP contribution in [0.15, 0.2) is 42.6 Å². The Labute approximate surface area is 106 Å². The maximum absolute atomic E-state index is 12.0. The second kappa shape index (κ2) is 5.40. The molecule has 4 heteroatoms. The number of ketones is 1. The van der Waals surface area contributed by atoms with E-state index in [0.717, 1.165) is 11.4 Å². The Morgan fingerprint density at radius 2 is 2.00 bits per heavy atom. The fourth-order valence-electron chi connectivity index (χ4n) is 1.65. The van der Waals surface area contributed by atoms with Gasteiger partial charge in [0.05, 0.1) is 7.11 Å². The van der Waals surface area contributed by atoms with Crippen LogP contribution in [0.3, 0.4) is 0 Å². The normalized spacial score (nSPS) is 10.1. The summed E-state index contributed by atoms with van der Waals surface area (Å²) >= 11 is 0. The molecule has 0 N–H and O–H groups in total. The predicted molar refractivity (Wildman–Crippen MR) is 66.5 cm³/mol. The number of nitrogens with zero attached hydrogens (tertiary/aromatic N) is 2. The summed E-state index contributed by atoms with van der Waals surface area (Å²) in [6.07, 6.45) is 1.79.